The van der Waals surface area contributed by atoms with Crippen LogP contribution < -0.4 is 5.32 Å². The zero-order chi connectivity index (χ0) is 16.7. The van der Waals surface area contributed by atoms with E-state index in [1.165, 1.54) is 22.6 Å². The second-order valence-corrected chi connectivity index (χ2v) is 8.00. The zero-order valence-electron chi connectivity index (χ0n) is 13.2. The van der Waals surface area contributed by atoms with Gasteiger partial charge in [-0.25, -0.2) is 17.8 Å². The molecule has 2 aliphatic rings. The molecule has 0 aliphatic carbocycles. The van der Waals surface area contributed by atoms with Gasteiger partial charge in [-0.05, 0) is 24.1 Å². The van der Waals surface area contributed by atoms with Gasteiger partial charge in [0.15, 0.2) is 5.03 Å². The van der Waals surface area contributed by atoms with Crippen molar-refractivity contribution in [2.45, 2.75) is 30.5 Å². The van der Waals surface area contributed by atoms with Gasteiger partial charge in [-0.15, -0.1) is 0 Å². The number of nitrogens with one attached hydrogen (secondary N) is 1. The van der Waals surface area contributed by atoms with Crippen molar-refractivity contribution >= 4 is 10.0 Å². The molecule has 24 heavy (non-hydrogen) atoms. The van der Waals surface area contributed by atoms with E-state index in [2.05, 4.69) is 10.3 Å². The van der Waals surface area contributed by atoms with Crippen molar-refractivity contribution < 1.29 is 12.8 Å². The van der Waals surface area contributed by atoms with Crippen LogP contribution in [-0.2, 0) is 23.0 Å². The minimum atomic E-state index is -3.68. The van der Waals surface area contributed by atoms with E-state index in [9.17, 15) is 12.8 Å². The van der Waals surface area contributed by atoms with Gasteiger partial charge in [-0.1, -0.05) is 12.1 Å². The summed E-state index contributed by atoms with van der Waals surface area (Å²) in [6, 6.07) is 5.72. The van der Waals surface area contributed by atoms with Crippen LogP contribution in [0.4, 0.5) is 4.39 Å². The van der Waals surface area contributed by atoms with Crippen LogP contribution in [-0.4, -0.2) is 41.9 Å². The van der Waals surface area contributed by atoms with Crippen molar-refractivity contribution in [1.82, 2.24) is 19.2 Å². The Hall–Kier alpha value is -1.77. The first-order valence-corrected chi connectivity index (χ1v) is 9.54. The van der Waals surface area contributed by atoms with Crippen LogP contribution >= 0.6 is 0 Å². The molecule has 8 heteroatoms. The van der Waals surface area contributed by atoms with Gasteiger partial charge in [-0.2, -0.15) is 4.31 Å². The Kier molecular flexibility index (Phi) is 3.90. The number of hydrogen-bond donors (Lipinski definition) is 1. The molecule has 0 bridgehead atoms. The second-order valence-electron chi connectivity index (χ2n) is 6.16. The summed E-state index contributed by atoms with van der Waals surface area (Å²) in [6.07, 6.45) is 3.18. The van der Waals surface area contributed by atoms with E-state index >= 15 is 0 Å². The topological polar surface area (TPSA) is 67.2 Å². The number of hydrogen-bond acceptors (Lipinski definition) is 4. The molecule has 1 atom stereocenters. The van der Waals surface area contributed by atoms with Crippen LogP contribution in [0.2, 0.25) is 0 Å². The van der Waals surface area contributed by atoms with Crippen LogP contribution in [0.3, 0.4) is 0 Å². The van der Waals surface area contributed by atoms with Gasteiger partial charge >= 0.3 is 0 Å². The monoisotopic (exact) mass is 350 g/mol. The molecular weight excluding hydrogens is 331 g/mol. The molecular formula is C16H19FN4O2S. The third kappa shape index (κ3) is 2.54. The fourth-order valence-corrected chi connectivity index (χ4v) is 5.29. The second kappa shape index (κ2) is 5.94. The maximum atomic E-state index is 13.6. The average molecular weight is 350 g/mol. The summed E-state index contributed by atoms with van der Waals surface area (Å²) < 4.78 is 43.3. The maximum Gasteiger partial charge on any atom is 0.260 e. The first-order chi connectivity index (χ1) is 11.6. The molecule has 1 unspecified atom stereocenters. The number of aryl methyl sites for hydroxylation is 1. The summed E-state index contributed by atoms with van der Waals surface area (Å²) in [7, 11) is -3.68. The predicted octanol–water partition coefficient (Wildman–Crippen LogP) is 1.30. The molecule has 6 nitrogen and oxygen atoms in total. The minimum absolute atomic E-state index is 0.248. The van der Waals surface area contributed by atoms with Crippen LogP contribution in [0.25, 0.3) is 0 Å². The molecule has 0 saturated carbocycles. The molecule has 0 radical (unpaired) electrons. The van der Waals surface area contributed by atoms with Crippen LogP contribution in [0, 0.1) is 5.82 Å². The third-order valence-corrected chi connectivity index (χ3v) is 6.59. The van der Waals surface area contributed by atoms with Crippen molar-refractivity contribution in [2.24, 2.45) is 0 Å². The van der Waals surface area contributed by atoms with E-state index in [0.29, 0.717) is 31.7 Å². The van der Waals surface area contributed by atoms with Gasteiger partial charge in [0.05, 0.1) is 12.2 Å². The molecule has 2 aliphatic heterocycles. The number of rotatable bonds is 3. The Labute approximate surface area is 140 Å². The molecule has 128 valence electrons. The maximum absolute atomic E-state index is 13.6. The van der Waals surface area contributed by atoms with Crippen LogP contribution in [0.15, 0.2) is 35.5 Å². The lowest BCUT2D eigenvalue weighted by atomic mass is 10.1. The van der Waals surface area contributed by atoms with E-state index in [4.69, 9.17) is 0 Å². The van der Waals surface area contributed by atoms with E-state index in [0.717, 1.165) is 18.7 Å². The molecule has 0 amide bonds. The molecule has 4 rings (SSSR count). The summed E-state index contributed by atoms with van der Waals surface area (Å²) in [4.78, 5) is 4.25. The largest absolute Gasteiger partial charge is 0.318 e. The van der Waals surface area contributed by atoms with Gasteiger partial charge in [0.25, 0.3) is 10.0 Å². The lowest BCUT2D eigenvalue weighted by Gasteiger charge is -2.35. The van der Waals surface area contributed by atoms with E-state index in [-0.39, 0.29) is 10.8 Å². The van der Waals surface area contributed by atoms with Crippen molar-refractivity contribution in [2.75, 3.05) is 19.6 Å². The van der Waals surface area contributed by atoms with Crippen molar-refractivity contribution in [1.29, 1.82) is 0 Å². The van der Waals surface area contributed by atoms with Crippen LogP contribution in [0.1, 0.15) is 23.9 Å². The molecule has 1 aromatic carbocycles. The normalized spacial score (nSPS) is 21.8. The molecule has 1 aromatic heterocycles. The van der Waals surface area contributed by atoms with E-state index in [1.54, 1.807) is 16.7 Å². The SMILES string of the molecule is O=S(=O)(c1cnc2n1CCC2)N1CCNCC1c1cccc(F)c1. The minimum Gasteiger partial charge on any atom is -0.318 e. The Morgan fingerprint density at radius 3 is 3.00 bits per heavy atom. The highest BCUT2D eigenvalue weighted by Gasteiger charge is 2.37. The standard InChI is InChI=1S/C16H19FN4O2S/c17-13-4-1-3-12(9-13)14-10-18-6-8-21(14)24(22,23)16-11-19-15-5-2-7-20(15)16/h1,3-4,9,11,14,18H,2,5-8,10H2. The molecule has 3 heterocycles. The predicted molar refractivity (Wildman–Crippen MR) is 86.5 cm³/mol. The first kappa shape index (κ1) is 15.7. The molecule has 1 fully saturated rings. The van der Waals surface area contributed by atoms with Gasteiger partial charge in [-0.3, -0.25) is 0 Å². The third-order valence-electron chi connectivity index (χ3n) is 4.68. The Morgan fingerprint density at radius 2 is 2.17 bits per heavy atom. The summed E-state index contributed by atoms with van der Waals surface area (Å²) in [5, 5.41) is 3.45. The quantitative estimate of drug-likeness (QED) is 0.906. The van der Waals surface area contributed by atoms with Crippen molar-refractivity contribution in [3.8, 4) is 0 Å². The molecule has 0 spiro atoms. The number of halogens is 1. The number of nitrogens with zero attached hydrogens (tertiary/aromatic N) is 3. The fraction of sp³-hybridized carbons (Fsp3) is 0.438. The number of imidazole rings is 1. The van der Waals surface area contributed by atoms with E-state index in [1.807, 2.05) is 0 Å². The van der Waals surface area contributed by atoms with Crippen molar-refractivity contribution in [3.63, 3.8) is 0 Å². The van der Waals surface area contributed by atoms with Crippen LogP contribution in [0.5, 0.6) is 0 Å². The summed E-state index contributed by atoms with van der Waals surface area (Å²) in [6.45, 7) is 2.07. The Morgan fingerprint density at radius 1 is 1.29 bits per heavy atom. The summed E-state index contributed by atoms with van der Waals surface area (Å²) in [5.74, 6) is 0.465. The zero-order valence-corrected chi connectivity index (χ0v) is 14.0. The highest BCUT2D eigenvalue weighted by atomic mass is 32.2. The highest BCUT2D eigenvalue weighted by molar-refractivity contribution is 7.89. The number of benzene rings is 1. The van der Waals surface area contributed by atoms with E-state index < -0.39 is 16.1 Å². The van der Waals surface area contributed by atoms with Gasteiger partial charge in [0, 0.05) is 32.6 Å². The number of piperazine rings is 1. The summed E-state index contributed by atoms with van der Waals surface area (Å²) in [5.41, 5.74) is 0.659. The molecule has 2 aromatic rings. The Balaban J connectivity index is 1.74. The number of aromatic nitrogens is 2. The van der Waals surface area contributed by atoms with Gasteiger partial charge < -0.3 is 9.88 Å². The first-order valence-electron chi connectivity index (χ1n) is 8.10. The lowest BCUT2D eigenvalue weighted by molar-refractivity contribution is 0.269. The molecule has 1 saturated heterocycles. The molecule has 1 N–H and O–H groups in total. The van der Waals surface area contributed by atoms with Gasteiger partial charge in [0.2, 0.25) is 0 Å². The number of sulfonamides is 1. The fourth-order valence-electron chi connectivity index (χ4n) is 3.53. The van der Waals surface area contributed by atoms with Gasteiger partial charge in [0.1, 0.15) is 11.6 Å². The number of fused-ring (bicyclic) bond motifs is 1. The average Bonchev–Trinajstić information content (AvgIpc) is 3.18. The lowest BCUT2D eigenvalue weighted by Crippen LogP contribution is -2.48. The van der Waals surface area contributed by atoms with Crippen molar-refractivity contribution in [3.05, 3.63) is 47.7 Å². The summed E-state index contributed by atoms with van der Waals surface area (Å²) >= 11 is 0. The highest BCUT2D eigenvalue weighted by Crippen LogP contribution is 2.31. The Bertz CT molecular complexity index is 865. The smallest absolute Gasteiger partial charge is 0.260 e.